The monoisotopic (exact) mass is 561 g/mol. The van der Waals surface area contributed by atoms with E-state index in [0.29, 0.717) is 0 Å². The third kappa shape index (κ3) is 6.59. The second-order valence-corrected chi connectivity index (χ2v) is 11.0. The average molecular weight is 562 g/mol. The number of rotatable bonds is 2. The number of nitrogens with zero attached hydrogens (tertiary/aromatic N) is 2. The molecule has 9 nitrogen and oxygen atoms in total. The highest BCUT2D eigenvalue weighted by Crippen LogP contribution is 2.40. The number of amides is 3. The summed E-state index contributed by atoms with van der Waals surface area (Å²) >= 11 is 0. The third-order valence-electron chi connectivity index (χ3n) is 7.87. The van der Waals surface area contributed by atoms with Gasteiger partial charge in [-0.25, -0.2) is 8.78 Å². The molecule has 3 amide bonds. The molecule has 0 radical (unpaired) electrons. The van der Waals surface area contributed by atoms with Gasteiger partial charge in [0.25, 0.3) is 5.92 Å². The zero-order chi connectivity index (χ0) is 29.3. The first kappa shape index (κ1) is 30.5. The summed E-state index contributed by atoms with van der Waals surface area (Å²) < 4.78 is 70.1. The van der Waals surface area contributed by atoms with Crippen LogP contribution in [0.25, 0.3) is 0 Å². The van der Waals surface area contributed by atoms with E-state index >= 15 is 8.78 Å². The van der Waals surface area contributed by atoms with Crippen LogP contribution in [0.1, 0.15) is 46.0 Å². The Balaban J connectivity index is 2.08. The van der Waals surface area contributed by atoms with Crippen LogP contribution in [0.3, 0.4) is 0 Å². The Hall–Kier alpha value is -3.01. The number of hydrogen-bond donors (Lipinski definition) is 4. The van der Waals surface area contributed by atoms with Gasteiger partial charge in [-0.15, -0.1) is 5.73 Å². The van der Waals surface area contributed by atoms with Crippen molar-refractivity contribution in [1.82, 2.24) is 20.9 Å². The first-order valence-electron chi connectivity index (χ1n) is 12.6. The maximum absolute atomic E-state index is 15.2. The summed E-state index contributed by atoms with van der Waals surface area (Å²) in [6.45, 7) is 6.04. The highest BCUT2D eigenvalue weighted by Gasteiger charge is 2.52. The summed E-state index contributed by atoms with van der Waals surface area (Å²) in [5.41, 5.74) is 0.958. The van der Waals surface area contributed by atoms with E-state index in [1.807, 2.05) is 6.07 Å². The largest absolute Gasteiger partial charge is 0.471 e. The molecule has 3 aliphatic rings. The number of nitrogens with one attached hydrogen (secondary N) is 3. The zero-order valence-corrected chi connectivity index (χ0v) is 21.5. The number of halogens is 5. The fourth-order valence-electron chi connectivity index (χ4n) is 5.58. The topological polar surface area (TPSA) is 135 Å². The summed E-state index contributed by atoms with van der Waals surface area (Å²) in [5, 5.41) is 27.3. The van der Waals surface area contributed by atoms with E-state index in [-0.39, 0.29) is 25.8 Å². The first-order chi connectivity index (χ1) is 18.0. The normalized spacial score (nSPS) is 34.9. The molecule has 7 atom stereocenters. The summed E-state index contributed by atoms with van der Waals surface area (Å²) in [5.74, 6) is -9.10. The van der Waals surface area contributed by atoms with Crippen molar-refractivity contribution in [2.75, 3.05) is 6.54 Å². The molecule has 39 heavy (non-hydrogen) atoms. The van der Waals surface area contributed by atoms with E-state index in [1.165, 1.54) is 19.9 Å². The van der Waals surface area contributed by atoms with Crippen LogP contribution in [0.2, 0.25) is 0 Å². The lowest BCUT2D eigenvalue weighted by molar-refractivity contribution is -0.176. The smallest absolute Gasteiger partial charge is 0.376 e. The quantitative estimate of drug-likeness (QED) is 0.300. The SMILES string of the molecule is C=C=C[C@H]1CCN2C(=O)[C@@H](NC(=O)C(F)(F)F)C(C)(C)CCC(F)(F)[C@@H]3CC(C[C@@H](C#N)NC(O)[C@H]12)C(=O)N3. The fraction of sp³-hybridized carbons (Fsp3) is 0.720. The summed E-state index contributed by atoms with van der Waals surface area (Å²) in [4.78, 5) is 39.3. The van der Waals surface area contributed by atoms with Gasteiger partial charge in [-0.1, -0.05) is 20.4 Å². The van der Waals surface area contributed by atoms with Crippen LogP contribution >= 0.6 is 0 Å². The predicted octanol–water partition coefficient (Wildman–Crippen LogP) is 1.74. The number of nitriles is 1. The third-order valence-corrected chi connectivity index (χ3v) is 7.87. The lowest BCUT2D eigenvalue weighted by Crippen LogP contribution is -2.61. The van der Waals surface area contributed by atoms with Crippen molar-refractivity contribution in [2.24, 2.45) is 17.3 Å². The number of carbonyl (C=O) groups excluding carboxylic acids is 3. The van der Waals surface area contributed by atoms with Crippen molar-refractivity contribution < 1.29 is 41.4 Å². The summed E-state index contributed by atoms with van der Waals surface area (Å²) in [7, 11) is 0. The van der Waals surface area contributed by atoms with E-state index in [2.05, 4.69) is 22.9 Å². The number of alkyl halides is 5. The molecule has 216 valence electrons. The summed E-state index contributed by atoms with van der Waals surface area (Å²) in [6.07, 6.45) is -7.08. The molecule has 0 aromatic rings. The fourth-order valence-corrected chi connectivity index (χ4v) is 5.58. The lowest BCUT2D eigenvalue weighted by Gasteiger charge is -2.40. The molecular weight excluding hydrogens is 529 g/mol. The van der Waals surface area contributed by atoms with E-state index in [4.69, 9.17) is 0 Å². The Morgan fingerprint density at radius 1 is 1.26 bits per heavy atom. The Bertz CT molecular complexity index is 1070. The van der Waals surface area contributed by atoms with Crippen molar-refractivity contribution >= 4 is 17.7 Å². The molecule has 3 heterocycles. The van der Waals surface area contributed by atoms with Gasteiger partial charge in [0.2, 0.25) is 11.8 Å². The number of hydrogen-bond acceptors (Lipinski definition) is 6. The molecule has 3 rings (SSSR count). The molecule has 0 spiro atoms. The minimum atomic E-state index is -5.35. The summed E-state index contributed by atoms with van der Waals surface area (Å²) in [6, 6.07) is -3.87. The molecule has 3 saturated heterocycles. The van der Waals surface area contributed by atoms with Gasteiger partial charge in [-0.3, -0.25) is 19.7 Å². The molecule has 3 fully saturated rings. The molecule has 0 saturated carbocycles. The molecule has 14 heteroatoms. The van der Waals surface area contributed by atoms with Crippen molar-refractivity contribution in [2.45, 2.75) is 88.4 Å². The van der Waals surface area contributed by atoms with Gasteiger partial charge in [0.15, 0.2) is 0 Å². The van der Waals surface area contributed by atoms with Crippen molar-refractivity contribution in [3.63, 3.8) is 0 Å². The number of fused-ring (bicyclic) bond motifs is 3. The number of carbonyl (C=O) groups is 3. The van der Waals surface area contributed by atoms with E-state index in [0.717, 1.165) is 4.90 Å². The molecule has 0 aliphatic carbocycles. The second-order valence-electron chi connectivity index (χ2n) is 11.0. The van der Waals surface area contributed by atoms with Crippen molar-refractivity contribution in [1.29, 1.82) is 5.26 Å². The van der Waals surface area contributed by atoms with Gasteiger partial charge in [0, 0.05) is 24.8 Å². The van der Waals surface area contributed by atoms with Crippen molar-refractivity contribution in [3.05, 3.63) is 18.4 Å². The lowest BCUT2D eigenvalue weighted by atomic mass is 9.77. The molecule has 0 aromatic carbocycles. The Labute approximate surface area is 222 Å². The maximum Gasteiger partial charge on any atom is 0.471 e. The van der Waals surface area contributed by atoms with Gasteiger partial charge in [-0.2, -0.15) is 18.4 Å². The molecular formula is C25H32F5N5O4. The highest BCUT2D eigenvalue weighted by atomic mass is 19.4. The minimum Gasteiger partial charge on any atom is -0.376 e. The van der Waals surface area contributed by atoms with Crippen LogP contribution in [0.5, 0.6) is 0 Å². The Morgan fingerprint density at radius 3 is 2.51 bits per heavy atom. The van der Waals surface area contributed by atoms with Gasteiger partial charge >= 0.3 is 12.1 Å². The van der Waals surface area contributed by atoms with Gasteiger partial charge in [0.1, 0.15) is 12.3 Å². The predicted molar refractivity (Wildman–Crippen MR) is 126 cm³/mol. The Kier molecular flexibility index (Phi) is 8.79. The highest BCUT2D eigenvalue weighted by molar-refractivity contribution is 5.90. The second kappa shape index (κ2) is 11.2. The van der Waals surface area contributed by atoms with E-state index in [1.54, 1.807) is 5.32 Å². The van der Waals surface area contributed by atoms with Crippen LogP contribution in [-0.2, 0) is 14.4 Å². The average Bonchev–Trinajstić information content (AvgIpc) is 3.43. The van der Waals surface area contributed by atoms with Gasteiger partial charge in [-0.05, 0) is 37.2 Å². The first-order valence-corrected chi connectivity index (χ1v) is 12.6. The van der Waals surface area contributed by atoms with E-state index < -0.39 is 90.3 Å². The molecule has 2 unspecified atom stereocenters. The maximum atomic E-state index is 15.2. The zero-order valence-electron chi connectivity index (χ0n) is 21.5. The van der Waals surface area contributed by atoms with Crippen LogP contribution in [0.15, 0.2) is 18.4 Å². The van der Waals surface area contributed by atoms with Crippen molar-refractivity contribution in [3.8, 4) is 6.07 Å². The number of aliphatic hydroxyl groups is 1. The van der Waals surface area contributed by atoms with Gasteiger partial charge in [0.05, 0.1) is 24.2 Å². The number of aliphatic hydroxyl groups excluding tert-OH is 1. The minimum absolute atomic E-state index is 0.0416. The molecule has 3 aliphatic heterocycles. The molecule has 4 N–H and O–H groups in total. The van der Waals surface area contributed by atoms with Crippen LogP contribution in [0.4, 0.5) is 22.0 Å². The molecule has 0 aromatic heterocycles. The standard InChI is InChI=1S/C25H32F5N5O4/c1-4-5-13-6-9-35-17(13)20(37)32-15(12-31)10-14-11-16(33-19(14)36)24(26,27)8-7-23(2,3)18(21(35)38)34-22(39)25(28,29)30/h5,13-18,20,32,37H,1,6-11H2,2-3H3,(H,33,36)(H,34,39)/t13-,14?,15-,16-,17-,18+,20?/m0/s1. The van der Waals surface area contributed by atoms with Crippen LogP contribution < -0.4 is 16.0 Å². The van der Waals surface area contributed by atoms with E-state index in [9.17, 15) is 37.9 Å². The van der Waals surface area contributed by atoms with Crippen LogP contribution in [-0.4, -0.2) is 76.8 Å². The molecule has 2 bridgehead atoms. The van der Waals surface area contributed by atoms with Crippen LogP contribution in [0, 0.1) is 28.6 Å². The van der Waals surface area contributed by atoms with Gasteiger partial charge < -0.3 is 20.6 Å². The Morgan fingerprint density at radius 2 is 1.92 bits per heavy atom.